The molecule has 2 atom stereocenters. The molecule has 0 aromatic heterocycles. The highest BCUT2D eigenvalue weighted by molar-refractivity contribution is 5.76. The van der Waals surface area contributed by atoms with Gasteiger partial charge in [-0.05, 0) is 30.5 Å². The van der Waals surface area contributed by atoms with E-state index in [9.17, 15) is 9.90 Å². The van der Waals surface area contributed by atoms with E-state index in [-0.39, 0.29) is 12.0 Å². The second-order valence-electron chi connectivity index (χ2n) is 5.23. The second kappa shape index (κ2) is 5.72. The second-order valence-corrected chi connectivity index (χ2v) is 5.23. The minimum atomic E-state index is -0.451. The molecule has 2 unspecified atom stereocenters. The number of aliphatic hydroxyl groups is 1. The summed E-state index contributed by atoms with van der Waals surface area (Å²) in [5.41, 5.74) is 3.65. The van der Waals surface area contributed by atoms with Crippen LogP contribution >= 0.6 is 0 Å². The number of carbonyl (C=O) groups is 1. The molecule has 104 valence electrons. The molecular weight excluding hydrogens is 242 g/mol. The van der Waals surface area contributed by atoms with Crippen molar-refractivity contribution in [2.75, 3.05) is 13.7 Å². The standard InChI is InChI=1S/C15H21NO3/c1-10-5-4-6-11(2)13(10)9-16-8-12(17)7-14(16)15(18)19-3/h4-6,12,14,17H,7-9H2,1-3H3. The number of β-amino-alcohol motifs (C(OH)–C–C–N with tert-alkyl or cyclic N) is 1. The lowest BCUT2D eigenvalue weighted by molar-refractivity contribution is -0.146. The van der Waals surface area contributed by atoms with Gasteiger partial charge in [0.2, 0.25) is 0 Å². The quantitative estimate of drug-likeness (QED) is 0.838. The van der Waals surface area contributed by atoms with Crippen LogP contribution in [-0.4, -0.2) is 41.8 Å². The van der Waals surface area contributed by atoms with Crippen LogP contribution in [0.3, 0.4) is 0 Å². The normalized spacial score (nSPS) is 23.6. The van der Waals surface area contributed by atoms with Crippen molar-refractivity contribution >= 4 is 5.97 Å². The molecule has 0 radical (unpaired) electrons. The molecule has 4 heteroatoms. The molecule has 1 fully saturated rings. The zero-order valence-electron chi connectivity index (χ0n) is 11.7. The van der Waals surface area contributed by atoms with Crippen molar-refractivity contribution < 1.29 is 14.6 Å². The summed E-state index contributed by atoms with van der Waals surface area (Å²) in [6.07, 6.45) is 0.00542. The molecule has 1 aromatic rings. The molecule has 2 rings (SSSR count). The molecule has 0 bridgehead atoms. The predicted octanol–water partition coefficient (Wildman–Crippen LogP) is 1.41. The van der Waals surface area contributed by atoms with Gasteiger partial charge in [0.25, 0.3) is 0 Å². The van der Waals surface area contributed by atoms with Gasteiger partial charge in [0.05, 0.1) is 13.2 Å². The van der Waals surface area contributed by atoms with Gasteiger partial charge >= 0.3 is 5.97 Å². The lowest BCUT2D eigenvalue weighted by atomic mass is 10.0. The van der Waals surface area contributed by atoms with E-state index in [2.05, 4.69) is 26.0 Å². The third-order valence-electron chi connectivity index (χ3n) is 3.86. The molecule has 1 aliphatic rings. The van der Waals surface area contributed by atoms with E-state index in [0.29, 0.717) is 19.5 Å². The number of likely N-dealkylation sites (tertiary alicyclic amines) is 1. The summed E-state index contributed by atoms with van der Waals surface area (Å²) in [6, 6.07) is 5.84. The van der Waals surface area contributed by atoms with E-state index in [0.717, 1.165) is 0 Å². The molecule has 4 nitrogen and oxygen atoms in total. The molecule has 1 aliphatic heterocycles. The Morgan fingerprint density at radius 3 is 2.63 bits per heavy atom. The van der Waals surface area contributed by atoms with Gasteiger partial charge in [0, 0.05) is 19.5 Å². The van der Waals surface area contributed by atoms with Crippen LogP contribution in [0.2, 0.25) is 0 Å². The molecule has 1 aromatic carbocycles. The van der Waals surface area contributed by atoms with Crippen LogP contribution in [-0.2, 0) is 16.1 Å². The molecule has 1 N–H and O–H groups in total. The van der Waals surface area contributed by atoms with Crippen LogP contribution in [0.15, 0.2) is 18.2 Å². The van der Waals surface area contributed by atoms with Gasteiger partial charge in [-0.2, -0.15) is 0 Å². The van der Waals surface area contributed by atoms with Gasteiger partial charge in [-0.3, -0.25) is 9.69 Å². The number of methoxy groups -OCH3 is 1. The van der Waals surface area contributed by atoms with Gasteiger partial charge in [0.15, 0.2) is 0 Å². The summed E-state index contributed by atoms with van der Waals surface area (Å²) in [5.74, 6) is -0.261. The average Bonchev–Trinajstić information content (AvgIpc) is 2.74. The Labute approximate surface area is 114 Å². The Bertz CT molecular complexity index is 452. The summed E-state index contributed by atoms with van der Waals surface area (Å²) in [6.45, 7) is 5.34. The average molecular weight is 263 g/mol. The number of hydrogen-bond donors (Lipinski definition) is 1. The van der Waals surface area contributed by atoms with Crippen LogP contribution in [0.5, 0.6) is 0 Å². The molecule has 0 amide bonds. The van der Waals surface area contributed by atoms with Crippen LogP contribution < -0.4 is 0 Å². The van der Waals surface area contributed by atoms with Crippen molar-refractivity contribution in [2.45, 2.75) is 39.0 Å². The Morgan fingerprint density at radius 1 is 1.42 bits per heavy atom. The third-order valence-corrected chi connectivity index (χ3v) is 3.86. The summed E-state index contributed by atoms with van der Waals surface area (Å²) >= 11 is 0. The molecular formula is C15H21NO3. The number of aryl methyl sites for hydroxylation is 2. The number of benzene rings is 1. The minimum absolute atomic E-state index is 0.261. The number of nitrogens with zero attached hydrogens (tertiary/aromatic N) is 1. The number of esters is 1. The topological polar surface area (TPSA) is 49.8 Å². The van der Waals surface area contributed by atoms with Crippen molar-refractivity contribution in [3.05, 3.63) is 34.9 Å². The fourth-order valence-corrected chi connectivity index (χ4v) is 2.74. The molecule has 0 saturated carbocycles. The minimum Gasteiger partial charge on any atom is -0.468 e. The van der Waals surface area contributed by atoms with E-state index < -0.39 is 6.10 Å². The molecule has 19 heavy (non-hydrogen) atoms. The maximum Gasteiger partial charge on any atom is 0.323 e. The number of rotatable bonds is 3. The Balaban J connectivity index is 2.19. The number of hydrogen-bond acceptors (Lipinski definition) is 4. The van der Waals surface area contributed by atoms with Crippen LogP contribution in [0.4, 0.5) is 0 Å². The lowest BCUT2D eigenvalue weighted by Gasteiger charge is -2.23. The highest BCUT2D eigenvalue weighted by Crippen LogP contribution is 2.24. The van der Waals surface area contributed by atoms with Crippen molar-refractivity contribution in [3.8, 4) is 0 Å². The first-order valence-corrected chi connectivity index (χ1v) is 6.58. The highest BCUT2D eigenvalue weighted by atomic mass is 16.5. The largest absolute Gasteiger partial charge is 0.468 e. The van der Waals surface area contributed by atoms with Crippen molar-refractivity contribution in [1.29, 1.82) is 0 Å². The van der Waals surface area contributed by atoms with Crippen molar-refractivity contribution in [2.24, 2.45) is 0 Å². The van der Waals surface area contributed by atoms with E-state index in [4.69, 9.17) is 4.74 Å². The summed E-state index contributed by atoms with van der Waals surface area (Å²) in [7, 11) is 1.39. The molecule has 0 spiro atoms. The Hall–Kier alpha value is -1.39. The number of carbonyl (C=O) groups excluding carboxylic acids is 1. The van der Waals surface area contributed by atoms with Gasteiger partial charge in [0.1, 0.15) is 6.04 Å². The van der Waals surface area contributed by atoms with E-state index in [1.807, 2.05) is 11.0 Å². The summed E-state index contributed by atoms with van der Waals surface area (Å²) < 4.78 is 4.82. The highest BCUT2D eigenvalue weighted by Gasteiger charge is 2.36. The first-order valence-electron chi connectivity index (χ1n) is 6.58. The zero-order valence-corrected chi connectivity index (χ0v) is 11.7. The lowest BCUT2D eigenvalue weighted by Crippen LogP contribution is -2.36. The molecule has 1 saturated heterocycles. The van der Waals surface area contributed by atoms with E-state index >= 15 is 0 Å². The first-order chi connectivity index (χ1) is 9.02. The maximum atomic E-state index is 11.8. The monoisotopic (exact) mass is 263 g/mol. The molecule has 0 aliphatic carbocycles. The van der Waals surface area contributed by atoms with E-state index in [1.165, 1.54) is 23.8 Å². The Kier molecular flexibility index (Phi) is 4.22. The van der Waals surface area contributed by atoms with Crippen molar-refractivity contribution in [1.82, 2.24) is 4.90 Å². The van der Waals surface area contributed by atoms with Gasteiger partial charge in [-0.1, -0.05) is 18.2 Å². The maximum absolute atomic E-state index is 11.8. The first kappa shape index (κ1) is 14.0. The number of aliphatic hydroxyl groups excluding tert-OH is 1. The van der Waals surface area contributed by atoms with Gasteiger partial charge in [-0.15, -0.1) is 0 Å². The van der Waals surface area contributed by atoms with Crippen LogP contribution in [0.1, 0.15) is 23.1 Å². The van der Waals surface area contributed by atoms with Gasteiger partial charge in [-0.25, -0.2) is 0 Å². The summed E-state index contributed by atoms with van der Waals surface area (Å²) in [4.78, 5) is 13.8. The van der Waals surface area contributed by atoms with Crippen LogP contribution in [0, 0.1) is 13.8 Å². The SMILES string of the molecule is COC(=O)C1CC(O)CN1Cc1c(C)cccc1C. The van der Waals surface area contributed by atoms with E-state index in [1.54, 1.807) is 0 Å². The van der Waals surface area contributed by atoms with Gasteiger partial charge < -0.3 is 9.84 Å². The van der Waals surface area contributed by atoms with Crippen molar-refractivity contribution in [3.63, 3.8) is 0 Å². The third kappa shape index (κ3) is 2.96. The number of ether oxygens (including phenoxy) is 1. The Morgan fingerprint density at radius 2 is 2.05 bits per heavy atom. The smallest absolute Gasteiger partial charge is 0.323 e. The summed E-state index contributed by atoms with van der Waals surface area (Å²) in [5, 5.41) is 9.78. The zero-order chi connectivity index (χ0) is 14.0. The van der Waals surface area contributed by atoms with Crippen LogP contribution in [0.25, 0.3) is 0 Å². The fraction of sp³-hybridized carbons (Fsp3) is 0.533. The fourth-order valence-electron chi connectivity index (χ4n) is 2.74. The predicted molar refractivity (Wildman–Crippen MR) is 72.8 cm³/mol. The molecule has 1 heterocycles.